The number of nitrogens with one attached hydrogen (secondary N) is 3. The number of hydrogen-bond donors (Lipinski definition) is 3. The van der Waals surface area contributed by atoms with Crippen molar-refractivity contribution in [3.8, 4) is 0 Å². The van der Waals surface area contributed by atoms with Crippen LogP contribution in [0.25, 0.3) is 0 Å². The molecule has 3 rings (SSSR count). The molecule has 1 heterocycles. The smallest absolute Gasteiger partial charge is 0.255 e. The number of benzene rings is 2. The SMILES string of the molecule is CC(NC(=O)C1CNCCO1)c1cccc(NC(=O)c2ccccc2)c1.Cl. The van der Waals surface area contributed by atoms with Gasteiger partial charge < -0.3 is 20.7 Å². The maximum Gasteiger partial charge on any atom is 0.255 e. The van der Waals surface area contributed by atoms with Crippen molar-refractivity contribution in [2.75, 3.05) is 25.0 Å². The summed E-state index contributed by atoms with van der Waals surface area (Å²) < 4.78 is 5.47. The number of carbonyl (C=O) groups is 2. The first-order chi connectivity index (χ1) is 12.6. The zero-order valence-corrected chi connectivity index (χ0v) is 15.9. The summed E-state index contributed by atoms with van der Waals surface area (Å²) in [5.74, 6) is -0.301. The Morgan fingerprint density at radius 3 is 2.63 bits per heavy atom. The van der Waals surface area contributed by atoms with E-state index in [1.165, 1.54) is 0 Å². The molecular weight excluding hydrogens is 366 g/mol. The minimum Gasteiger partial charge on any atom is -0.366 e. The van der Waals surface area contributed by atoms with Gasteiger partial charge in [-0.25, -0.2) is 0 Å². The van der Waals surface area contributed by atoms with Gasteiger partial charge in [0.2, 0.25) is 0 Å². The average Bonchev–Trinajstić information content (AvgIpc) is 2.69. The Morgan fingerprint density at radius 2 is 1.93 bits per heavy atom. The van der Waals surface area contributed by atoms with Gasteiger partial charge in [0, 0.05) is 24.3 Å². The second kappa shape index (κ2) is 10.1. The molecule has 1 aliphatic heterocycles. The molecule has 0 aliphatic carbocycles. The Hall–Kier alpha value is -2.41. The molecule has 3 N–H and O–H groups in total. The van der Waals surface area contributed by atoms with Crippen molar-refractivity contribution < 1.29 is 14.3 Å². The number of ether oxygens (including phenoxy) is 1. The highest BCUT2D eigenvalue weighted by Crippen LogP contribution is 2.18. The van der Waals surface area contributed by atoms with Crippen molar-refractivity contribution in [1.29, 1.82) is 0 Å². The fraction of sp³-hybridized carbons (Fsp3) is 0.300. The lowest BCUT2D eigenvalue weighted by atomic mass is 10.1. The molecule has 2 amide bonds. The van der Waals surface area contributed by atoms with Crippen LogP contribution in [0, 0.1) is 0 Å². The van der Waals surface area contributed by atoms with Crippen molar-refractivity contribution in [1.82, 2.24) is 10.6 Å². The molecule has 2 aromatic carbocycles. The van der Waals surface area contributed by atoms with Crippen molar-refractivity contribution in [3.63, 3.8) is 0 Å². The molecule has 1 fully saturated rings. The van der Waals surface area contributed by atoms with E-state index in [-0.39, 0.29) is 30.3 Å². The normalized spacial score (nSPS) is 17.3. The molecule has 2 atom stereocenters. The van der Waals surface area contributed by atoms with E-state index in [1.807, 2.05) is 49.4 Å². The number of halogens is 1. The summed E-state index contributed by atoms with van der Waals surface area (Å²) in [6, 6.07) is 16.3. The van der Waals surface area contributed by atoms with Gasteiger partial charge in [-0.3, -0.25) is 9.59 Å². The lowest BCUT2D eigenvalue weighted by Crippen LogP contribution is -2.48. The quantitative estimate of drug-likeness (QED) is 0.734. The average molecular weight is 390 g/mol. The minimum atomic E-state index is -0.466. The minimum absolute atomic E-state index is 0. The maximum atomic E-state index is 12.3. The van der Waals surface area contributed by atoms with Gasteiger partial charge in [-0.15, -0.1) is 12.4 Å². The zero-order chi connectivity index (χ0) is 18.4. The van der Waals surface area contributed by atoms with E-state index in [0.717, 1.165) is 12.1 Å². The predicted molar refractivity (Wildman–Crippen MR) is 107 cm³/mol. The molecule has 1 saturated heterocycles. The van der Waals surface area contributed by atoms with E-state index in [1.54, 1.807) is 12.1 Å². The molecule has 0 spiro atoms. The van der Waals surface area contributed by atoms with E-state index >= 15 is 0 Å². The van der Waals surface area contributed by atoms with E-state index in [4.69, 9.17) is 4.74 Å². The van der Waals surface area contributed by atoms with Gasteiger partial charge in [0.1, 0.15) is 6.10 Å². The predicted octanol–water partition coefficient (Wildman–Crippen LogP) is 2.53. The van der Waals surface area contributed by atoms with Crippen LogP contribution in [0.5, 0.6) is 0 Å². The third-order valence-corrected chi connectivity index (χ3v) is 4.26. The van der Waals surface area contributed by atoms with E-state index < -0.39 is 6.10 Å². The number of amides is 2. The van der Waals surface area contributed by atoms with Gasteiger partial charge in [-0.2, -0.15) is 0 Å². The van der Waals surface area contributed by atoms with Crippen LogP contribution < -0.4 is 16.0 Å². The van der Waals surface area contributed by atoms with Gasteiger partial charge >= 0.3 is 0 Å². The van der Waals surface area contributed by atoms with Crippen LogP contribution in [0.3, 0.4) is 0 Å². The second-order valence-corrected chi connectivity index (χ2v) is 6.24. The van der Waals surface area contributed by atoms with Crippen molar-refractivity contribution >= 4 is 29.9 Å². The summed E-state index contributed by atoms with van der Waals surface area (Å²) in [6.07, 6.45) is -0.466. The van der Waals surface area contributed by atoms with Crippen LogP contribution in [0.4, 0.5) is 5.69 Å². The monoisotopic (exact) mass is 389 g/mol. The molecule has 2 unspecified atom stereocenters. The van der Waals surface area contributed by atoms with Crippen molar-refractivity contribution in [2.45, 2.75) is 19.1 Å². The number of rotatable bonds is 5. The standard InChI is InChI=1S/C20H23N3O3.ClH/c1-14(22-20(25)18-13-21-10-11-26-18)16-8-5-9-17(12-16)23-19(24)15-6-3-2-4-7-15;/h2-9,12,14,18,21H,10-11,13H2,1H3,(H,22,25)(H,23,24);1H. The zero-order valence-electron chi connectivity index (χ0n) is 15.1. The number of morpholine rings is 1. The lowest BCUT2D eigenvalue weighted by molar-refractivity contribution is -0.134. The molecule has 6 nitrogen and oxygen atoms in total. The largest absolute Gasteiger partial charge is 0.366 e. The summed E-state index contributed by atoms with van der Waals surface area (Å²) in [7, 11) is 0. The molecule has 27 heavy (non-hydrogen) atoms. The molecule has 7 heteroatoms. The Bertz CT molecular complexity index is 764. The first-order valence-corrected chi connectivity index (χ1v) is 8.72. The summed E-state index contributed by atoms with van der Waals surface area (Å²) in [4.78, 5) is 24.6. The van der Waals surface area contributed by atoms with Gasteiger partial charge in [-0.1, -0.05) is 30.3 Å². The van der Waals surface area contributed by atoms with Gasteiger partial charge in [0.15, 0.2) is 0 Å². The third kappa shape index (κ3) is 5.79. The van der Waals surface area contributed by atoms with Crippen LogP contribution >= 0.6 is 12.4 Å². The van der Waals surface area contributed by atoms with Crippen LogP contribution in [0.1, 0.15) is 28.9 Å². The lowest BCUT2D eigenvalue weighted by Gasteiger charge is -2.24. The van der Waals surface area contributed by atoms with E-state index in [9.17, 15) is 9.59 Å². The first kappa shape index (κ1) is 20.9. The van der Waals surface area contributed by atoms with Crippen LogP contribution in [-0.2, 0) is 9.53 Å². The van der Waals surface area contributed by atoms with Crippen LogP contribution in [-0.4, -0.2) is 37.6 Å². The Labute approximate surface area is 165 Å². The van der Waals surface area contributed by atoms with Crippen LogP contribution in [0.2, 0.25) is 0 Å². The summed E-state index contributed by atoms with van der Waals surface area (Å²) in [6.45, 7) is 3.73. The molecule has 0 radical (unpaired) electrons. The molecule has 0 saturated carbocycles. The molecular formula is C20H24ClN3O3. The Morgan fingerprint density at radius 1 is 1.15 bits per heavy atom. The van der Waals surface area contributed by atoms with E-state index in [0.29, 0.717) is 24.4 Å². The first-order valence-electron chi connectivity index (χ1n) is 8.72. The second-order valence-electron chi connectivity index (χ2n) is 6.24. The molecule has 144 valence electrons. The molecule has 0 bridgehead atoms. The molecule has 2 aromatic rings. The maximum absolute atomic E-state index is 12.3. The van der Waals surface area contributed by atoms with Gasteiger partial charge in [-0.05, 0) is 36.8 Å². The van der Waals surface area contributed by atoms with E-state index in [2.05, 4.69) is 16.0 Å². The molecule has 0 aromatic heterocycles. The fourth-order valence-electron chi connectivity index (χ4n) is 2.80. The van der Waals surface area contributed by atoms with Crippen LogP contribution in [0.15, 0.2) is 54.6 Å². The number of carbonyl (C=O) groups excluding carboxylic acids is 2. The fourth-order valence-corrected chi connectivity index (χ4v) is 2.80. The highest BCUT2D eigenvalue weighted by atomic mass is 35.5. The summed E-state index contributed by atoms with van der Waals surface area (Å²) in [5, 5.41) is 8.99. The molecule has 1 aliphatic rings. The summed E-state index contributed by atoms with van der Waals surface area (Å²) in [5.41, 5.74) is 2.20. The number of anilines is 1. The Balaban J connectivity index is 0.00000261. The topological polar surface area (TPSA) is 79.5 Å². The highest BCUT2D eigenvalue weighted by Gasteiger charge is 2.23. The number of hydrogen-bond acceptors (Lipinski definition) is 4. The Kier molecular flexibility index (Phi) is 7.79. The third-order valence-electron chi connectivity index (χ3n) is 4.26. The summed E-state index contributed by atoms with van der Waals surface area (Å²) >= 11 is 0. The van der Waals surface area contributed by atoms with Crippen molar-refractivity contribution in [3.05, 3.63) is 65.7 Å². The highest BCUT2D eigenvalue weighted by molar-refractivity contribution is 6.04. The van der Waals surface area contributed by atoms with Gasteiger partial charge in [0.25, 0.3) is 11.8 Å². The van der Waals surface area contributed by atoms with Crippen molar-refractivity contribution in [2.24, 2.45) is 0 Å². The van der Waals surface area contributed by atoms with Gasteiger partial charge in [0.05, 0.1) is 12.6 Å².